The Hall–Kier alpha value is -3.09. The molecular formula is C24H21Cl2N3O3. The number of hydrogen-bond donors (Lipinski definition) is 0. The number of carbonyl (C=O) groups excluding carboxylic acids is 1. The Labute approximate surface area is 196 Å². The van der Waals surface area contributed by atoms with Gasteiger partial charge in [-0.2, -0.15) is 0 Å². The highest BCUT2D eigenvalue weighted by molar-refractivity contribution is 6.39. The Balaban J connectivity index is 1.70. The fraction of sp³-hybridized carbons (Fsp3) is 0.208. The number of anilines is 1. The largest absolute Gasteiger partial charge is 0.402 e. The molecule has 0 radical (unpaired) electrons. The third kappa shape index (κ3) is 4.16. The molecule has 0 unspecified atom stereocenters. The third-order valence-corrected chi connectivity index (χ3v) is 5.84. The second-order valence-corrected chi connectivity index (χ2v) is 7.98. The summed E-state index contributed by atoms with van der Waals surface area (Å²) in [6.45, 7) is 7.80. The van der Waals surface area contributed by atoms with Gasteiger partial charge in [0.15, 0.2) is 11.5 Å². The van der Waals surface area contributed by atoms with Crippen LogP contribution in [0.15, 0.2) is 57.7 Å². The van der Waals surface area contributed by atoms with Crippen LogP contribution in [0, 0.1) is 6.92 Å². The Bertz CT molecular complexity index is 1210. The first-order valence-corrected chi connectivity index (χ1v) is 11.0. The molecule has 32 heavy (non-hydrogen) atoms. The number of carbonyl (C=O) groups is 1. The van der Waals surface area contributed by atoms with Crippen LogP contribution in [0.4, 0.5) is 5.69 Å². The maximum absolute atomic E-state index is 12.5. The van der Waals surface area contributed by atoms with Crippen LogP contribution in [0.3, 0.4) is 0 Å². The molecule has 8 heteroatoms. The molecular weight excluding hydrogens is 449 g/mol. The van der Waals surface area contributed by atoms with Gasteiger partial charge in [-0.1, -0.05) is 46.6 Å². The normalized spacial score (nSPS) is 14.6. The van der Waals surface area contributed by atoms with E-state index in [-0.39, 0.29) is 11.6 Å². The van der Waals surface area contributed by atoms with E-state index in [1.807, 2.05) is 24.3 Å². The van der Waals surface area contributed by atoms with Crippen LogP contribution in [0.5, 0.6) is 0 Å². The maximum Gasteiger partial charge on any atom is 0.363 e. The predicted molar refractivity (Wildman–Crippen MR) is 127 cm³/mol. The zero-order chi connectivity index (χ0) is 22.8. The topological polar surface area (TPSA) is 67.9 Å². The number of hydrogen-bond acceptors (Lipinski definition) is 6. The molecule has 0 atom stereocenters. The van der Waals surface area contributed by atoms with Crippen LogP contribution in [0.1, 0.15) is 30.7 Å². The summed E-state index contributed by atoms with van der Waals surface area (Å²) < 4.78 is 10.9. The van der Waals surface area contributed by atoms with E-state index in [9.17, 15) is 4.79 Å². The first-order chi connectivity index (χ1) is 15.4. The van der Waals surface area contributed by atoms with E-state index < -0.39 is 5.97 Å². The average molecular weight is 470 g/mol. The van der Waals surface area contributed by atoms with Crippen molar-refractivity contribution in [2.75, 3.05) is 18.0 Å². The van der Waals surface area contributed by atoms with Crippen molar-refractivity contribution in [3.63, 3.8) is 0 Å². The maximum atomic E-state index is 12.5. The highest BCUT2D eigenvalue weighted by Crippen LogP contribution is 2.38. The monoisotopic (exact) mass is 469 g/mol. The van der Waals surface area contributed by atoms with Crippen LogP contribution in [-0.4, -0.2) is 30.1 Å². The van der Waals surface area contributed by atoms with Crippen molar-refractivity contribution in [1.29, 1.82) is 0 Å². The molecule has 3 aromatic rings. The van der Waals surface area contributed by atoms with Crippen molar-refractivity contribution in [3.05, 3.63) is 75.0 Å². The van der Waals surface area contributed by atoms with Crippen LogP contribution in [0.25, 0.3) is 17.4 Å². The van der Waals surface area contributed by atoms with E-state index in [0.717, 1.165) is 24.3 Å². The molecule has 0 spiro atoms. The van der Waals surface area contributed by atoms with Gasteiger partial charge in [0.25, 0.3) is 0 Å². The van der Waals surface area contributed by atoms with E-state index in [1.54, 1.807) is 31.2 Å². The van der Waals surface area contributed by atoms with Gasteiger partial charge in [-0.15, -0.1) is 0 Å². The Morgan fingerprint density at radius 2 is 1.66 bits per heavy atom. The number of esters is 1. The summed E-state index contributed by atoms with van der Waals surface area (Å²) in [4.78, 5) is 19.2. The number of nitrogens with zero attached hydrogens (tertiary/aromatic N) is 3. The lowest BCUT2D eigenvalue weighted by Crippen LogP contribution is -2.21. The molecule has 1 aliphatic rings. The summed E-state index contributed by atoms with van der Waals surface area (Å²) in [5.74, 6) is -0.148. The number of rotatable bonds is 6. The molecule has 0 aliphatic carbocycles. The Morgan fingerprint density at radius 3 is 2.28 bits per heavy atom. The lowest BCUT2D eigenvalue weighted by Gasteiger charge is -2.20. The van der Waals surface area contributed by atoms with Gasteiger partial charge >= 0.3 is 5.97 Å². The zero-order valence-electron chi connectivity index (χ0n) is 17.9. The quantitative estimate of drug-likeness (QED) is 0.320. The SMILES string of the molecule is CCN(CC)c1ccc(/C=C2\N=C(c3c(C)noc3-c3c(Cl)cccc3Cl)OC2=O)cc1. The first kappa shape index (κ1) is 22.1. The molecule has 1 aliphatic heterocycles. The summed E-state index contributed by atoms with van der Waals surface area (Å²) in [6, 6.07) is 13.1. The smallest absolute Gasteiger partial charge is 0.363 e. The van der Waals surface area contributed by atoms with Gasteiger partial charge in [0.1, 0.15) is 5.56 Å². The number of cyclic esters (lactones) is 1. The predicted octanol–water partition coefficient (Wildman–Crippen LogP) is 6.15. The summed E-state index contributed by atoms with van der Waals surface area (Å²) >= 11 is 12.7. The van der Waals surface area contributed by atoms with Crippen LogP contribution in [0.2, 0.25) is 10.0 Å². The number of ether oxygens (including phenoxy) is 1. The highest BCUT2D eigenvalue weighted by atomic mass is 35.5. The van der Waals surface area contributed by atoms with Gasteiger partial charge in [0.2, 0.25) is 5.90 Å². The van der Waals surface area contributed by atoms with Crippen LogP contribution < -0.4 is 4.90 Å². The molecule has 2 heterocycles. The minimum Gasteiger partial charge on any atom is -0.402 e. The summed E-state index contributed by atoms with van der Waals surface area (Å²) in [5.41, 5.74) is 3.56. The summed E-state index contributed by atoms with van der Waals surface area (Å²) in [7, 11) is 0. The van der Waals surface area contributed by atoms with Gasteiger partial charge in [-0.3, -0.25) is 0 Å². The molecule has 2 aromatic carbocycles. The molecule has 0 N–H and O–H groups in total. The number of benzene rings is 2. The molecule has 0 amide bonds. The number of halogens is 2. The van der Waals surface area contributed by atoms with Crippen molar-refractivity contribution < 1.29 is 14.1 Å². The molecule has 0 fully saturated rings. The van der Waals surface area contributed by atoms with Gasteiger partial charge in [-0.25, -0.2) is 9.79 Å². The van der Waals surface area contributed by atoms with E-state index in [4.69, 9.17) is 32.5 Å². The van der Waals surface area contributed by atoms with E-state index in [1.165, 1.54) is 0 Å². The third-order valence-electron chi connectivity index (χ3n) is 5.21. The molecule has 0 saturated heterocycles. The van der Waals surface area contributed by atoms with Crippen molar-refractivity contribution in [3.8, 4) is 11.3 Å². The number of aromatic nitrogens is 1. The molecule has 6 nitrogen and oxygen atoms in total. The molecule has 4 rings (SSSR count). The van der Waals surface area contributed by atoms with Gasteiger partial charge in [0, 0.05) is 18.8 Å². The van der Waals surface area contributed by atoms with Crippen LogP contribution in [-0.2, 0) is 9.53 Å². The van der Waals surface area contributed by atoms with Crippen molar-refractivity contribution in [1.82, 2.24) is 5.16 Å². The van der Waals surface area contributed by atoms with E-state index >= 15 is 0 Å². The molecule has 164 valence electrons. The van der Waals surface area contributed by atoms with E-state index in [2.05, 4.69) is 28.9 Å². The minimum atomic E-state index is -0.551. The van der Waals surface area contributed by atoms with Crippen molar-refractivity contribution >= 4 is 46.8 Å². The van der Waals surface area contributed by atoms with E-state index in [0.29, 0.717) is 32.6 Å². The lowest BCUT2D eigenvalue weighted by atomic mass is 10.1. The Morgan fingerprint density at radius 1 is 1.00 bits per heavy atom. The molecule has 1 aromatic heterocycles. The number of aliphatic imine (C=N–C) groups is 1. The number of aryl methyl sites for hydroxylation is 1. The highest BCUT2D eigenvalue weighted by Gasteiger charge is 2.31. The first-order valence-electron chi connectivity index (χ1n) is 10.2. The standard InChI is InChI=1S/C24H21Cl2N3O3/c1-4-29(5-2)16-11-9-15(10-12-16)13-19-24(30)31-23(27-19)20-14(3)28-32-22(20)21-17(25)7-6-8-18(21)26/h6-13H,4-5H2,1-3H3/b19-13-. The molecule has 0 saturated carbocycles. The fourth-order valence-electron chi connectivity index (χ4n) is 3.55. The molecule has 0 bridgehead atoms. The fourth-order valence-corrected chi connectivity index (χ4v) is 4.12. The summed E-state index contributed by atoms with van der Waals surface area (Å²) in [6.07, 6.45) is 1.69. The summed E-state index contributed by atoms with van der Waals surface area (Å²) in [5, 5.41) is 4.79. The zero-order valence-corrected chi connectivity index (χ0v) is 19.4. The second kappa shape index (κ2) is 9.18. The van der Waals surface area contributed by atoms with Gasteiger partial charge < -0.3 is 14.2 Å². The minimum absolute atomic E-state index is 0.103. The Kier molecular flexibility index (Phi) is 6.35. The second-order valence-electron chi connectivity index (χ2n) is 7.17. The van der Waals surface area contributed by atoms with Gasteiger partial charge in [-0.05, 0) is 56.7 Å². The van der Waals surface area contributed by atoms with Gasteiger partial charge in [0.05, 0.1) is 21.3 Å². The average Bonchev–Trinajstić information content (AvgIpc) is 3.32. The van der Waals surface area contributed by atoms with Crippen molar-refractivity contribution in [2.45, 2.75) is 20.8 Å². The van der Waals surface area contributed by atoms with Crippen molar-refractivity contribution in [2.24, 2.45) is 4.99 Å². The van der Waals surface area contributed by atoms with Crippen LogP contribution >= 0.6 is 23.2 Å². The lowest BCUT2D eigenvalue weighted by molar-refractivity contribution is -0.129.